The van der Waals surface area contributed by atoms with Crippen molar-refractivity contribution in [3.8, 4) is 0 Å². The van der Waals surface area contributed by atoms with Gasteiger partial charge in [-0.1, -0.05) is 19.8 Å². The molecule has 0 aromatic carbocycles. The molecule has 0 radical (unpaired) electrons. The van der Waals surface area contributed by atoms with Gasteiger partial charge in [0.15, 0.2) is 0 Å². The van der Waals surface area contributed by atoms with Gasteiger partial charge in [0.25, 0.3) is 0 Å². The molecule has 96 valence electrons. The monoisotopic (exact) mass is 227 g/mol. The van der Waals surface area contributed by atoms with Gasteiger partial charge in [0.2, 0.25) is 0 Å². The molecule has 1 fully saturated rings. The lowest BCUT2D eigenvalue weighted by atomic mass is 9.89. The van der Waals surface area contributed by atoms with Gasteiger partial charge in [-0.2, -0.15) is 0 Å². The van der Waals surface area contributed by atoms with Gasteiger partial charge in [0.1, 0.15) is 0 Å². The maximum Gasteiger partial charge on any atom is 0.0575 e. The van der Waals surface area contributed by atoms with E-state index in [1.54, 1.807) is 0 Å². The van der Waals surface area contributed by atoms with Crippen molar-refractivity contribution in [2.75, 3.05) is 20.2 Å². The van der Waals surface area contributed by atoms with E-state index >= 15 is 0 Å². The molecule has 0 saturated heterocycles. The Balaban J connectivity index is 1.84. The van der Waals surface area contributed by atoms with Gasteiger partial charge in [-0.25, -0.2) is 0 Å². The van der Waals surface area contributed by atoms with Crippen LogP contribution in [0.25, 0.3) is 0 Å². The molecular formula is C14H29NO. The topological polar surface area (TPSA) is 21.3 Å². The fourth-order valence-electron chi connectivity index (χ4n) is 2.40. The summed E-state index contributed by atoms with van der Waals surface area (Å²) >= 11 is 0. The van der Waals surface area contributed by atoms with Crippen LogP contribution in [0, 0.1) is 5.92 Å². The predicted octanol–water partition coefficient (Wildman–Crippen LogP) is 3.36. The van der Waals surface area contributed by atoms with E-state index in [4.69, 9.17) is 4.74 Å². The Morgan fingerprint density at radius 1 is 1.00 bits per heavy atom. The minimum absolute atomic E-state index is 0.577. The van der Waals surface area contributed by atoms with Crippen LogP contribution in [-0.2, 0) is 4.74 Å². The summed E-state index contributed by atoms with van der Waals surface area (Å²) in [5, 5.41) is 3.18. The van der Waals surface area contributed by atoms with Crippen molar-refractivity contribution < 1.29 is 4.74 Å². The summed E-state index contributed by atoms with van der Waals surface area (Å²) in [5.41, 5.74) is 0. The highest BCUT2D eigenvalue weighted by Crippen LogP contribution is 2.25. The van der Waals surface area contributed by atoms with Gasteiger partial charge < -0.3 is 10.1 Å². The van der Waals surface area contributed by atoms with E-state index < -0.39 is 0 Å². The summed E-state index contributed by atoms with van der Waals surface area (Å²) in [6.07, 6.45) is 11.1. The zero-order valence-corrected chi connectivity index (χ0v) is 11.1. The molecule has 1 aliphatic rings. The second-order valence-electron chi connectivity index (χ2n) is 5.27. The quantitative estimate of drug-likeness (QED) is 0.642. The Morgan fingerprint density at radius 2 is 1.69 bits per heavy atom. The average molecular weight is 227 g/mol. The molecule has 1 rings (SSSR count). The molecule has 1 aliphatic carbocycles. The normalized spacial score (nSPS) is 25.9. The maximum atomic E-state index is 5.92. The molecule has 0 aromatic heterocycles. The van der Waals surface area contributed by atoms with Crippen LogP contribution in [0.2, 0.25) is 0 Å². The first kappa shape index (κ1) is 14.0. The third-order valence-corrected chi connectivity index (χ3v) is 3.64. The van der Waals surface area contributed by atoms with Crippen molar-refractivity contribution >= 4 is 0 Å². The summed E-state index contributed by atoms with van der Waals surface area (Å²) in [4.78, 5) is 0. The van der Waals surface area contributed by atoms with Gasteiger partial charge in [0, 0.05) is 6.61 Å². The number of hydrogen-bond donors (Lipinski definition) is 1. The van der Waals surface area contributed by atoms with Gasteiger partial charge >= 0.3 is 0 Å². The summed E-state index contributed by atoms with van der Waals surface area (Å²) in [6.45, 7) is 4.50. The highest BCUT2D eigenvalue weighted by atomic mass is 16.5. The first-order chi connectivity index (χ1) is 7.83. The molecular weight excluding hydrogens is 198 g/mol. The van der Waals surface area contributed by atoms with E-state index in [-0.39, 0.29) is 0 Å². The Morgan fingerprint density at radius 3 is 2.38 bits per heavy atom. The minimum Gasteiger partial charge on any atom is -0.378 e. The first-order valence-electron chi connectivity index (χ1n) is 7.09. The fraction of sp³-hybridized carbons (Fsp3) is 1.00. The molecule has 0 unspecified atom stereocenters. The maximum absolute atomic E-state index is 5.92. The van der Waals surface area contributed by atoms with E-state index in [0.29, 0.717) is 6.10 Å². The number of nitrogens with one attached hydrogen (secondary N) is 1. The SMILES string of the molecule is CNCCCCCCOC1CCC(C)CC1. The summed E-state index contributed by atoms with van der Waals surface area (Å²) in [6, 6.07) is 0. The average Bonchev–Trinajstić information content (AvgIpc) is 2.30. The Hall–Kier alpha value is -0.0800. The van der Waals surface area contributed by atoms with Crippen LogP contribution in [0.15, 0.2) is 0 Å². The smallest absolute Gasteiger partial charge is 0.0575 e. The van der Waals surface area contributed by atoms with Crippen molar-refractivity contribution in [1.29, 1.82) is 0 Å². The van der Waals surface area contributed by atoms with Crippen molar-refractivity contribution in [2.24, 2.45) is 5.92 Å². The Labute approximate surface area is 101 Å². The van der Waals surface area contributed by atoms with Crippen LogP contribution >= 0.6 is 0 Å². The molecule has 1 N–H and O–H groups in total. The summed E-state index contributed by atoms with van der Waals surface area (Å²) in [5.74, 6) is 0.932. The molecule has 2 heteroatoms. The predicted molar refractivity (Wildman–Crippen MR) is 69.8 cm³/mol. The Bertz CT molecular complexity index is 153. The van der Waals surface area contributed by atoms with E-state index in [2.05, 4.69) is 12.2 Å². The number of unbranched alkanes of at least 4 members (excludes halogenated alkanes) is 3. The third-order valence-electron chi connectivity index (χ3n) is 3.64. The fourth-order valence-corrected chi connectivity index (χ4v) is 2.40. The lowest BCUT2D eigenvalue weighted by Crippen LogP contribution is -2.20. The van der Waals surface area contributed by atoms with Crippen LogP contribution in [0.5, 0.6) is 0 Å². The molecule has 16 heavy (non-hydrogen) atoms. The van der Waals surface area contributed by atoms with E-state index in [0.717, 1.165) is 19.1 Å². The standard InChI is InChI=1S/C14H29NO/c1-13-7-9-14(10-8-13)16-12-6-4-3-5-11-15-2/h13-15H,3-12H2,1-2H3. The van der Waals surface area contributed by atoms with E-state index in [1.807, 2.05) is 7.05 Å². The van der Waals surface area contributed by atoms with Crippen LogP contribution < -0.4 is 5.32 Å². The van der Waals surface area contributed by atoms with Gasteiger partial charge in [-0.3, -0.25) is 0 Å². The second kappa shape index (κ2) is 9.00. The largest absolute Gasteiger partial charge is 0.378 e. The van der Waals surface area contributed by atoms with Crippen molar-refractivity contribution in [1.82, 2.24) is 5.32 Å². The second-order valence-corrected chi connectivity index (χ2v) is 5.27. The van der Waals surface area contributed by atoms with Gasteiger partial charge in [-0.05, 0) is 58.0 Å². The number of ether oxygens (including phenoxy) is 1. The molecule has 0 heterocycles. The lowest BCUT2D eigenvalue weighted by molar-refractivity contribution is 0.0179. The highest BCUT2D eigenvalue weighted by molar-refractivity contribution is 4.69. The van der Waals surface area contributed by atoms with E-state index in [9.17, 15) is 0 Å². The first-order valence-corrected chi connectivity index (χ1v) is 7.09. The van der Waals surface area contributed by atoms with Crippen molar-refractivity contribution in [2.45, 2.75) is 64.4 Å². The van der Waals surface area contributed by atoms with Crippen LogP contribution in [0.1, 0.15) is 58.3 Å². The van der Waals surface area contributed by atoms with Crippen molar-refractivity contribution in [3.63, 3.8) is 0 Å². The number of rotatable bonds is 8. The molecule has 1 saturated carbocycles. The molecule has 2 nitrogen and oxygen atoms in total. The lowest BCUT2D eigenvalue weighted by Gasteiger charge is -2.26. The van der Waals surface area contributed by atoms with Crippen LogP contribution in [0.3, 0.4) is 0 Å². The van der Waals surface area contributed by atoms with Gasteiger partial charge in [-0.15, -0.1) is 0 Å². The molecule has 0 atom stereocenters. The number of hydrogen-bond acceptors (Lipinski definition) is 2. The zero-order chi connectivity index (χ0) is 11.6. The zero-order valence-electron chi connectivity index (χ0n) is 11.1. The van der Waals surface area contributed by atoms with Crippen LogP contribution in [-0.4, -0.2) is 26.3 Å². The third kappa shape index (κ3) is 6.49. The molecule has 0 aromatic rings. The van der Waals surface area contributed by atoms with Crippen molar-refractivity contribution in [3.05, 3.63) is 0 Å². The molecule has 0 spiro atoms. The molecule has 0 bridgehead atoms. The van der Waals surface area contributed by atoms with Crippen LogP contribution in [0.4, 0.5) is 0 Å². The van der Waals surface area contributed by atoms with Gasteiger partial charge in [0.05, 0.1) is 6.10 Å². The summed E-state index contributed by atoms with van der Waals surface area (Å²) < 4.78 is 5.92. The molecule has 0 amide bonds. The van der Waals surface area contributed by atoms with E-state index in [1.165, 1.54) is 51.4 Å². The summed E-state index contributed by atoms with van der Waals surface area (Å²) in [7, 11) is 2.02. The Kier molecular flexibility index (Phi) is 7.87. The molecule has 0 aliphatic heterocycles. The minimum atomic E-state index is 0.577. The highest BCUT2D eigenvalue weighted by Gasteiger charge is 2.17.